The van der Waals surface area contributed by atoms with E-state index in [0.29, 0.717) is 22.1 Å². The van der Waals surface area contributed by atoms with Crippen molar-refractivity contribution >= 4 is 33.0 Å². The van der Waals surface area contributed by atoms with Gasteiger partial charge in [-0.25, -0.2) is 8.42 Å². The summed E-state index contributed by atoms with van der Waals surface area (Å²) in [7, 11) is -2.20. The molecule has 2 aromatic rings. The van der Waals surface area contributed by atoms with Crippen molar-refractivity contribution < 1.29 is 13.2 Å². The van der Waals surface area contributed by atoms with E-state index in [4.69, 9.17) is 16.3 Å². The third-order valence-electron chi connectivity index (χ3n) is 4.30. The predicted octanol–water partition coefficient (Wildman–Crippen LogP) is 3.31. The van der Waals surface area contributed by atoms with Gasteiger partial charge < -0.3 is 15.4 Å². The highest BCUT2D eigenvalue weighted by molar-refractivity contribution is 7.92. The number of halogens is 1. The Kier molecular flexibility index (Phi) is 5.90. The van der Waals surface area contributed by atoms with Crippen LogP contribution in [0.15, 0.2) is 47.4 Å². The van der Waals surface area contributed by atoms with Gasteiger partial charge in [-0.1, -0.05) is 23.7 Å². The maximum Gasteiger partial charge on any atom is 0.262 e. The number of anilines is 2. The number of benzene rings is 2. The van der Waals surface area contributed by atoms with Gasteiger partial charge in [0.1, 0.15) is 5.75 Å². The van der Waals surface area contributed by atoms with Crippen molar-refractivity contribution in [3.8, 4) is 5.75 Å². The molecule has 0 saturated carbocycles. The maximum absolute atomic E-state index is 12.7. The van der Waals surface area contributed by atoms with E-state index in [0.717, 1.165) is 25.9 Å². The molecular formula is C18H22ClN3O3S. The molecule has 0 aromatic heterocycles. The molecule has 2 aromatic carbocycles. The lowest BCUT2D eigenvalue weighted by atomic mass is 10.1. The molecule has 0 bridgehead atoms. The van der Waals surface area contributed by atoms with Crippen LogP contribution in [0.5, 0.6) is 5.75 Å². The molecule has 1 heterocycles. The van der Waals surface area contributed by atoms with Crippen molar-refractivity contribution in [1.29, 1.82) is 0 Å². The zero-order valence-electron chi connectivity index (χ0n) is 14.5. The van der Waals surface area contributed by atoms with Crippen LogP contribution in [0.4, 0.5) is 11.4 Å². The van der Waals surface area contributed by atoms with Gasteiger partial charge in [-0.15, -0.1) is 0 Å². The minimum absolute atomic E-state index is 0.148. The fourth-order valence-corrected chi connectivity index (χ4v) is 4.25. The fourth-order valence-electron chi connectivity index (χ4n) is 2.90. The molecule has 0 amide bonds. The van der Waals surface area contributed by atoms with Crippen LogP contribution in [0.3, 0.4) is 0 Å². The summed E-state index contributed by atoms with van der Waals surface area (Å²) in [6.45, 7) is 1.87. The van der Waals surface area contributed by atoms with E-state index in [1.165, 1.54) is 6.07 Å². The minimum atomic E-state index is -3.77. The Balaban J connectivity index is 1.87. The van der Waals surface area contributed by atoms with Gasteiger partial charge in [0.25, 0.3) is 10.0 Å². The Hall–Kier alpha value is -1.96. The van der Waals surface area contributed by atoms with Crippen LogP contribution in [0.1, 0.15) is 12.8 Å². The van der Waals surface area contributed by atoms with Crippen LogP contribution in [-0.2, 0) is 10.0 Å². The van der Waals surface area contributed by atoms with Gasteiger partial charge in [0.15, 0.2) is 0 Å². The second kappa shape index (κ2) is 8.16. The summed E-state index contributed by atoms with van der Waals surface area (Å²) in [5.74, 6) is 0.611. The molecule has 26 heavy (non-hydrogen) atoms. The SMILES string of the molecule is COc1ccc(S(=O)(=O)Nc2ccccc2Cl)cc1NC1CCNCC1. The Labute approximate surface area is 158 Å². The summed E-state index contributed by atoms with van der Waals surface area (Å²) in [6.07, 6.45) is 1.94. The standard InChI is InChI=1S/C18H22ClN3O3S/c1-25-18-7-6-14(12-17(18)21-13-8-10-20-11-9-13)26(23,24)22-16-5-3-2-4-15(16)19/h2-7,12-13,20-22H,8-11H2,1H3. The van der Waals surface area contributed by atoms with E-state index in [2.05, 4.69) is 15.4 Å². The first-order valence-corrected chi connectivity index (χ1v) is 10.3. The summed E-state index contributed by atoms with van der Waals surface area (Å²) in [5, 5.41) is 7.06. The van der Waals surface area contributed by atoms with Gasteiger partial charge in [0.05, 0.1) is 28.4 Å². The number of para-hydroxylation sites is 1. The highest BCUT2D eigenvalue weighted by Gasteiger charge is 2.20. The summed E-state index contributed by atoms with van der Waals surface area (Å²) in [6, 6.07) is 11.8. The molecule has 0 unspecified atom stereocenters. The summed E-state index contributed by atoms with van der Waals surface area (Å²) < 4.78 is 33.4. The van der Waals surface area contributed by atoms with Crippen LogP contribution in [0.25, 0.3) is 0 Å². The maximum atomic E-state index is 12.7. The lowest BCUT2D eigenvalue weighted by Gasteiger charge is -2.25. The summed E-state index contributed by atoms with van der Waals surface area (Å²) in [4.78, 5) is 0.148. The van der Waals surface area contributed by atoms with Crippen molar-refractivity contribution in [3.63, 3.8) is 0 Å². The third-order valence-corrected chi connectivity index (χ3v) is 5.99. The van der Waals surface area contributed by atoms with Crippen molar-refractivity contribution in [1.82, 2.24) is 5.32 Å². The first-order chi connectivity index (χ1) is 12.5. The molecule has 1 saturated heterocycles. The molecule has 3 N–H and O–H groups in total. The summed E-state index contributed by atoms with van der Waals surface area (Å²) >= 11 is 6.06. The topological polar surface area (TPSA) is 79.5 Å². The Morgan fingerprint density at radius 2 is 1.85 bits per heavy atom. The van der Waals surface area contributed by atoms with Crippen LogP contribution in [0.2, 0.25) is 5.02 Å². The van der Waals surface area contributed by atoms with E-state index in [1.54, 1.807) is 43.5 Å². The van der Waals surface area contributed by atoms with Gasteiger partial charge in [-0.3, -0.25) is 4.72 Å². The van der Waals surface area contributed by atoms with Crippen molar-refractivity contribution in [3.05, 3.63) is 47.5 Å². The number of nitrogens with one attached hydrogen (secondary N) is 3. The number of rotatable bonds is 6. The number of sulfonamides is 1. The second-order valence-corrected chi connectivity index (χ2v) is 8.21. The monoisotopic (exact) mass is 395 g/mol. The highest BCUT2D eigenvalue weighted by Crippen LogP contribution is 2.31. The first-order valence-electron chi connectivity index (χ1n) is 8.42. The molecule has 1 aliphatic rings. The zero-order valence-corrected chi connectivity index (χ0v) is 16.0. The summed E-state index contributed by atoms with van der Waals surface area (Å²) in [5.41, 5.74) is 1.01. The van der Waals surface area contributed by atoms with E-state index in [-0.39, 0.29) is 10.9 Å². The number of hydrogen-bond acceptors (Lipinski definition) is 5. The van der Waals surface area contributed by atoms with E-state index < -0.39 is 10.0 Å². The highest BCUT2D eigenvalue weighted by atomic mass is 35.5. The van der Waals surface area contributed by atoms with E-state index in [1.807, 2.05) is 0 Å². The molecule has 140 valence electrons. The molecular weight excluding hydrogens is 374 g/mol. The predicted molar refractivity (Wildman–Crippen MR) is 105 cm³/mol. The molecule has 8 heteroatoms. The van der Waals surface area contributed by atoms with Crippen LogP contribution in [-0.4, -0.2) is 34.7 Å². The lowest BCUT2D eigenvalue weighted by Crippen LogP contribution is -2.35. The molecule has 0 radical (unpaired) electrons. The quantitative estimate of drug-likeness (QED) is 0.699. The van der Waals surface area contributed by atoms with Gasteiger partial charge in [-0.2, -0.15) is 0 Å². The van der Waals surface area contributed by atoms with Gasteiger partial charge >= 0.3 is 0 Å². The van der Waals surface area contributed by atoms with Crippen LogP contribution in [0, 0.1) is 0 Å². The zero-order chi connectivity index (χ0) is 18.6. The molecule has 0 atom stereocenters. The van der Waals surface area contributed by atoms with Crippen molar-refractivity contribution in [2.24, 2.45) is 0 Å². The second-order valence-electron chi connectivity index (χ2n) is 6.12. The van der Waals surface area contributed by atoms with Crippen LogP contribution < -0.4 is 20.1 Å². The van der Waals surface area contributed by atoms with E-state index in [9.17, 15) is 8.42 Å². The molecule has 6 nitrogen and oxygen atoms in total. The molecule has 0 aliphatic carbocycles. The molecule has 1 fully saturated rings. The molecule has 3 rings (SSSR count). The average molecular weight is 396 g/mol. The van der Waals surface area contributed by atoms with Crippen LogP contribution >= 0.6 is 11.6 Å². The van der Waals surface area contributed by atoms with E-state index >= 15 is 0 Å². The Bertz CT molecular complexity index is 868. The lowest BCUT2D eigenvalue weighted by molar-refractivity contribution is 0.413. The fraction of sp³-hybridized carbons (Fsp3) is 0.333. The van der Waals surface area contributed by atoms with Gasteiger partial charge in [0, 0.05) is 6.04 Å². The van der Waals surface area contributed by atoms with Gasteiger partial charge in [-0.05, 0) is 56.3 Å². The Morgan fingerprint density at radius 1 is 1.12 bits per heavy atom. The first kappa shape index (κ1) is 18.8. The smallest absolute Gasteiger partial charge is 0.262 e. The number of methoxy groups -OCH3 is 1. The largest absolute Gasteiger partial charge is 0.495 e. The molecule has 0 spiro atoms. The van der Waals surface area contributed by atoms with Crippen molar-refractivity contribution in [2.45, 2.75) is 23.8 Å². The number of ether oxygens (including phenoxy) is 1. The number of piperidine rings is 1. The normalized spacial score (nSPS) is 15.5. The minimum Gasteiger partial charge on any atom is -0.495 e. The number of hydrogen-bond donors (Lipinski definition) is 3. The Morgan fingerprint density at radius 3 is 2.54 bits per heavy atom. The third kappa shape index (κ3) is 4.41. The van der Waals surface area contributed by atoms with Crippen molar-refractivity contribution in [2.75, 3.05) is 30.2 Å². The van der Waals surface area contributed by atoms with Gasteiger partial charge in [0.2, 0.25) is 0 Å². The average Bonchev–Trinajstić information content (AvgIpc) is 2.64. The molecule has 1 aliphatic heterocycles.